The second-order valence-corrected chi connectivity index (χ2v) is 5.29. The maximum absolute atomic E-state index is 5.38. The van der Waals surface area contributed by atoms with Gasteiger partial charge in [-0.3, -0.25) is 4.98 Å². The fourth-order valence-electron chi connectivity index (χ4n) is 2.88. The molecule has 1 heterocycles. The van der Waals surface area contributed by atoms with Gasteiger partial charge < -0.3 is 14.8 Å². The van der Waals surface area contributed by atoms with Gasteiger partial charge in [0.2, 0.25) is 0 Å². The molecule has 1 N–H and O–H groups in total. The largest absolute Gasteiger partial charge is 0.493 e. The first kappa shape index (κ1) is 14.1. The first-order chi connectivity index (χ1) is 9.26. The molecule has 4 heteroatoms. The van der Waals surface area contributed by atoms with E-state index >= 15 is 0 Å². The van der Waals surface area contributed by atoms with E-state index < -0.39 is 0 Å². The van der Waals surface area contributed by atoms with E-state index in [1.165, 1.54) is 19.3 Å². The summed E-state index contributed by atoms with van der Waals surface area (Å²) in [6, 6.07) is 1.82. The number of hydrogen-bond acceptors (Lipinski definition) is 4. The molecule has 0 aromatic carbocycles. The molecule has 4 nitrogen and oxygen atoms in total. The van der Waals surface area contributed by atoms with Gasteiger partial charge in [-0.2, -0.15) is 0 Å². The standard InChI is InChI=1S/C15H24N2O2/c1-11-5-4-6-12(11)9-16-10-13-15(19-3)14(18-2)7-8-17-13/h7-8,11-12,16H,4-6,9-10H2,1-3H3. The minimum absolute atomic E-state index is 0.726. The Labute approximate surface area is 115 Å². The highest BCUT2D eigenvalue weighted by atomic mass is 16.5. The van der Waals surface area contributed by atoms with Crippen LogP contribution < -0.4 is 14.8 Å². The molecule has 0 bridgehead atoms. The van der Waals surface area contributed by atoms with Gasteiger partial charge in [-0.05, 0) is 24.8 Å². The predicted molar refractivity (Wildman–Crippen MR) is 75.6 cm³/mol. The van der Waals surface area contributed by atoms with Crippen LogP contribution >= 0.6 is 0 Å². The maximum Gasteiger partial charge on any atom is 0.183 e. The Bertz CT molecular complexity index is 409. The van der Waals surface area contributed by atoms with E-state index in [1.54, 1.807) is 20.4 Å². The molecule has 0 aliphatic heterocycles. The molecule has 1 fully saturated rings. The lowest BCUT2D eigenvalue weighted by atomic mass is 9.98. The fraction of sp³-hybridized carbons (Fsp3) is 0.667. The second-order valence-electron chi connectivity index (χ2n) is 5.29. The van der Waals surface area contributed by atoms with Gasteiger partial charge in [-0.1, -0.05) is 19.8 Å². The summed E-state index contributed by atoms with van der Waals surface area (Å²) in [5, 5.41) is 3.50. The van der Waals surface area contributed by atoms with Crippen LogP contribution in [-0.2, 0) is 6.54 Å². The van der Waals surface area contributed by atoms with E-state index in [2.05, 4.69) is 17.2 Å². The van der Waals surface area contributed by atoms with Crippen molar-refractivity contribution in [1.29, 1.82) is 0 Å². The monoisotopic (exact) mass is 264 g/mol. The number of pyridine rings is 1. The Balaban J connectivity index is 1.92. The Morgan fingerprint density at radius 3 is 2.79 bits per heavy atom. The quantitative estimate of drug-likeness (QED) is 0.857. The summed E-state index contributed by atoms with van der Waals surface area (Å²) in [6.07, 6.45) is 5.84. The van der Waals surface area contributed by atoms with Crippen LogP contribution in [0.1, 0.15) is 31.9 Å². The second kappa shape index (κ2) is 6.75. The van der Waals surface area contributed by atoms with E-state index in [0.29, 0.717) is 0 Å². The molecule has 106 valence electrons. The van der Waals surface area contributed by atoms with Crippen molar-refractivity contribution in [3.8, 4) is 11.5 Å². The number of ether oxygens (including phenoxy) is 2. The molecule has 2 atom stereocenters. The Kier molecular flexibility index (Phi) is 5.02. The molecule has 2 rings (SSSR count). The zero-order valence-corrected chi connectivity index (χ0v) is 12.1. The van der Waals surface area contributed by atoms with Gasteiger partial charge in [-0.15, -0.1) is 0 Å². The lowest BCUT2D eigenvalue weighted by Crippen LogP contribution is -2.24. The molecule has 1 aromatic rings. The van der Waals surface area contributed by atoms with Gasteiger partial charge >= 0.3 is 0 Å². The summed E-state index contributed by atoms with van der Waals surface area (Å²) in [5.41, 5.74) is 0.910. The van der Waals surface area contributed by atoms with Crippen LogP contribution in [0.15, 0.2) is 12.3 Å². The summed E-state index contributed by atoms with van der Waals surface area (Å²) in [4.78, 5) is 4.37. The molecule has 1 saturated carbocycles. The number of nitrogens with one attached hydrogen (secondary N) is 1. The highest BCUT2D eigenvalue weighted by molar-refractivity contribution is 5.42. The minimum Gasteiger partial charge on any atom is -0.493 e. The molecule has 1 aliphatic rings. The van der Waals surface area contributed by atoms with E-state index in [1.807, 2.05) is 6.07 Å². The van der Waals surface area contributed by atoms with E-state index in [0.717, 1.165) is 42.1 Å². The molecule has 2 unspecified atom stereocenters. The van der Waals surface area contributed by atoms with Crippen LogP contribution in [0.5, 0.6) is 11.5 Å². The number of nitrogens with zero attached hydrogens (tertiary/aromatic N) is 1. The third-order valence-electron chi connectivity index (χ3n) is 4.10. The molecule has 0 saturated heterocycles. The van der Waals surface area contributed by atoms with Crippen molar-refractivity contribution in [1.82, 2.24) is 10.3 Å². The zero-order valence-electron chi connectivity index (χ0n) is 12.1. The minimum atomic E-state index is 0.726. The molecule has 19 heavy (non-hydrogen) atoms. The lowest BCUT2D eigenvalue weighted by Gasteiger charge is -2.17. The first-order valence-electron chi connectivity index (χ1n) is 7.02. The molecule has 0 amide bonds. The van der Waals surface area contributed by atoms with E-state index in [9.17, 15) is 0 Å². The van der Waals surface area contributed by atoms with Gasteiger partial charge in [0.25, 0.3) is 0 Å². The predicted octanol–water partition coefficient (Wildman–Crippen LogP) is 2.62. The summed E-state index contributed by atoms with van der Waals surface area (Å²) in [5.74, 6) is 3.12. The topological polar surface area (TPSA) is 43.4 Å². The van der Waals surface area contributed by atoms with Crippen LogP contribution in [0.25, 0.3) is 0 Å². The fourth-order valence-corrected chi connectivity index (χ4v) is 2.88. The van der Waals surface area contributed by atoms with Crippen LogP contribution in [0.2, 0.25) is 0 Å². The van der Waals surface area contributed by atoms with Crippen LogP contribution in [0.3, 0.4) is 0 Å². The lowest BCUT2D eigenvalue weighted by molar-refractivity contribution is 0.345. The van der Waals surface area contributed by atoms with Crippen molar-refractivity contribution in [2.24, 2.45) is 11.8 Å². The SMILES string of the molecule is COc1ccnc(CNCC2CCCC2C)c1OC. The van der Waals surface area contributed by atoms with Gasteiger partial charge in [0, 0.05) is 18.8 Å². The smallest absolute Gasteiger partial charge is 0.183 e. The Morgan fingerprint density at radius 1 is 1.32 bits per heavy atom. The van der Waals surface area contributed by atoms with Gasteiger partial charge in [0.15, 0.2) is 11.5 Å². The molecule has 0 spiro atoms. The summed E-state index contributed by atoms with van der Waals surface area (Å²) in [7, 11) is 3.30. The molecule has 1 aromatic heterocycles. The van der Waals surface area contributed by atoms with Crippen molar-refractivity contribution in [3.05, 3.63) is 18.0 Å². The Hall–Kier alpha value is -1.29. The van der Waals surface area contributed by atoms with Crippen molar-refractivity contribution in [3.63, 3.8) is 0 Å². The van der Waals surface area contributed by atoms with E-state index in [4.69, 9.17) is 9.47 Å². The number of aromatic nitrogens is 1. The number of hydrogen-bond donors (Lipinski definition) is 1. The van der Waals surface area contributed by atoms with Gasteiger partial charge in [0.05, 0.1) is 19.9 Å². The molecular formula is C15H24N2O2. The third kappa shape index (κ3) is 3.38. The number of rotatable bonds is 6. The van der Waals surface area contributed by atoms with Crippen molar-refractivity contribution in [2.75, 3.05) is 20.8 Å². The van der Waals surface area contributed by atoms with Crippen molar-refractivity contribution >= 4 is 0 Å². The molecule has 0 radical (unpaired) electrons. The summed E-state index contributed by atoms with van der Waals surface area (Å²) >= 11 is 0. The average Bonchev–Trinajstić information content (AvgIpc) is 2.84. The zero-order chi connectivity index (χ0) is 13.7. The number of methoxy groups -OCH3 is 2. The maximum atomic E-state index is 5.38. The third-order valence-corrected chi connectivity index (χ3v) is 4.10. The van der Waals surface area contributed by atoms with Crippen LogP contribution in [0.4, 0.5) is 0 Å². The van der Waals surface area contributed by atoms with Crippen LogP contribution in [0, 0.1) is 11.8 Å². The average molecular weight is 264 g/mol. The van der Waals surface area contributed by atoms with Crippen molar-refractivity contribution in [2.45, 2.75) is 32.7 Å². The highest BCUT2D eigenvalue weighted by Gasteiger charge is 2.22. The first-order valence-corrected chi connectivity index (χ1v) is 7.02. The summed E-state index contributed by atoms with van der Waals surface area (Å²) in [6.45, 7) is 4.14. The normalized spacial score (nSPS) is 22.5. The molecular weight excluding hydrogens is 240 g/mol. The van der Waals surface area contributed by atoms with Crippen LogP contribution in [-0.4, -0.2) is 25.7 Å². The Morgan fingerprint density at radius 2 is 2.16 bits per heavy atom. The highest BCUT2D eigenvalue weighted by Crippen LogP contribution is 2.31. The van der Waals surface area contributed by atoms with Crippen molar-refractivity contribution < 1.29 is 9.47 Å². The van der Waals surface area contributed by atoms with E-state index in [-0.39, 0.29) is 0 Å². The van der Waals surface area contributed by atoms with Gasteiger partial charge in [0.1, 0.15) is 0 Å². The molecule has 1 aliphatic carbocycles. The summed E-state index contributed by atoms with van der Waals surface area (Å²) < 4.78 is 10.7. The van der Waals surface area contributed by atoms with Gasteiger partial charge in [-0.25, -0.2) is 0 Å².